The molecular formula is C18H12ClN3O3S. The van der Waals surface area contributed by atoms with E-state index in [1.165, 1.54) is 16.0 Å². The van der Waals surface area contributed by atoms with Crippen molar-refractivity contribution in [1.82, 2.24) is 14.8 Å². The summed E-state index contributed by atoms with van der Waals surface area (Å²) in [6, 6.07) is 12.4. The van der Waals surface area contributed by atoms with Crippen molar-refractivity contribution in [2.45, 2.75) is 13.0 Å². The molecule has 0 radical (unpaired) electrons. The number of halogens is 1. The summed E-state index contributed by atoms with van der Waals surface area (Å²) in [5, 5.41) is 15.7. The van der Waals surface area contributed by atoms with Gasteiger partial charge in [0.25, 0.3) is 5.56 Å². The first-order valence-electron chi connectivity index (χ1n) is 7.77. The zero-order valence-corrected chi connectivity index (χ0v) is 14.9. The van der Waals surface area contributed by atoms with E-state index in [1.54, 1.807) is 30.3 Å². The fourth-order valence-electron chi connectivity index (χ4n) is 2.84. The Morgan fingerprint density at radius 3 is 2.65 bits per heavy atom. The first kappa shape index (κ1) is 16.7. The molecule has 0 aliphatic carbocycles. The SMILES string of the molecule is O=C(O)Cc1nn(Cc2nc3c(Cl)cccc3s2)c(=O)c2ccccc12. The van der Waals surface area contributed by atoms with Gasteiger partial charge < -0.3 is 5.11 Å². The average Bonchev–Trinajstić information content (AvgIpc) is 3.03. The van der Waals surface area contributed by atoms with E-state index in [0.29, 0.717) is 32.0 Å². The van der Waals surface area contributed by atoms with Crippen LogP contribution in [0.3, 0.4) is 0 Å². The highest BCUT2D eigenvalue weighted by Gasteiger charge is 2.15. The molecular weight excluding hydrogens is 374 g/mol. The number of hydrogen-bond donors (Lipinski definition) is 1. The lowest BCUT2D eigenvalue weighted by molar-refractivity contribution is -0.136. The molecule has 8 heteroatoms. The fourth-order valence-corrected chi connectivity index (χ4v) is 4.09. The summed E-state index contributed by atoms with van der Waals surface area (Å²) in [7, 11) is 0. The summed E-state index contributed by atoms with van der Waals surface area (Å²) in [6.45, 7) is 0.159. The van der Waals surface area contributed by atoms with Gasteiger partial charge in [-0.1, -0.05) is 35.9 Å². The lowest BCUT2D eigenvalue weighted by Crippen LogP contribution is -2.26. The molecule has 26 heavy (non-hydrogen) atoms. The van der Waals surface area contributed by atoms with Gasteiger partial charge in [0.1, 0.15) is 10.5 Å². The summed E-state index contributed by atoms with van der Waals surface area (Å²) < 4.78 is 2.19. The minimum absolute atomic E-state index is 0.159. The summed E-state index contributed by atoms with van der Waals surface area (Å²) in [4.78, 5) is 28.4. The molecule has 0 bridgehead atoms. The highest BCUT2D eigenvalue weighted by atomic mass is 35.5. The fraction of sp³-hybridized carbons (Fsp3) is 0.111. The van der Waals surface area contributed by atoms with E-state index in [4.69, 9.17) is 16.7 Å². The number of carboxylic acid groups (broad SMARTS) is 1. The topological polar surface area (TPSA) is 85.1 Å². The van der Waals surface area contributed by atoms with Crippen LogP contribution in [0.1, 0.15) is 10.7 Å². The van der Waals surface area contributed by atoms with Gasteiger partial charge in [0.05, 0.1) is 33.8 Å². The van der Waals surface area contributed by atoms with Crippen molar-refractivity contribution in [3.8, 4) is 0 Å². The van der Waals surface area contributed by atoms with Crippen molar-refractivity contribution < 1.29 is 9.90 Å². The van der Waals surface area contributed by atoms with Crippen LogP contribution in [0.2, 0.25) is 5.02 Å². The van der Waals surface area contributed by atoms with Gasteiger partial charge in [0.15, 0.2) is 0 Å². The number of benzene rings is 2. The quantitative estimate of drug-likeness (QED) is 0.582. The van der Waals surface area contributed by atoms with E-state index in [1.807, 2.05) is 12.1 Å². The Morgan fingerprint density at radius 2 is 1.92 bits per heavy atom. The van der Waals surface area contributed by atoms with E-state index in [0.717, 1.165) is 4.70 Å². The van der Waals surface area contributed by atoms with Crippen LogP contribution in [-0.4, -0.2) is 25.8 Å². The van der Waals surface area contributed by atoms with Gasteiger partial charge in [-0.3, -0.25) is 9.59 Å². The van der Waals surface area contributed by atoms with Gasteiger partial charge >= 0.3 is 5.97 Å². The molecule has 0 saturated carbocycles. The normalized spacial score (nSPS) is 11.3. The van der Waals surface area contributed by atoms with Gasteiger partial charge in [-0.2, -0.15) is 5.10 Å². The smallest absolute Gasteiger partial charge is 0.309 e. The Kier molecular flexibility index (Phi) is 4.18. The maximum atomic E-state index is 12.8. The number of fused-ring (bicyclic) bond motifs is 2. The predicted octanol–water partition coefficient (Wildman–Crippen LogP) is 3.34. The van der Waals surface area contributed by atoms with Crippen molar-refractivity contribution in [3.63, 3.8) is 0 Å². The molecule has 0 spiro atoms. The number of carbonyl (C=O) groups is 1. The minimum Gasteiger partial charge on any atom is -0.481 e. The Morgan fingerprint density at radius 1 is 1.15 bits per heavy atom. The molecule has 0 atom stereocenters. The molecule has 130 valence electrons. The molecule has 4 aromatic rings. The first-order chi connectivity index (χ1) is 12.5. The minimum atomic E-state index is -1.00. The molecule has 0 aliphatic rings. The molecule has 6 nitrogen and oxygen atoms in total. The van der Waals surface area contributed by atoms with Crippen LogP contribution in [0.15, 0.2) is 47.3 Å². The Balaban J connectivity index is 1.85. The number of rotatable bonds is 4. The third kappa shape index (κ3) is 2.95. The number of carboxylic acids is 1. The third-order valence-electron chi connectivity index (χ3n) is 3.96. The first-order valence-corrected chi connectivity index (χ1v) is 8.97. The number of aromatic nitrogens is 3. The monoisotopic (exact) mass is 385 g/mol. The van der Waals surface area contributed by atoms with Crippen LogP contribution in [-0.2, 0) is 17.8 Å². The largest absolute Gasteiger partial charge is 0.481 e. The highest BCUT2D eigenvalue weighted by Crippen LogP contribution is 2.28. The zero-order chi connectivity index (χ0) is 18.3. The van der Waals surface area contributed by atoms with Crippen LogP contribution in [0, 0.1) is 0 Å². The highest BCUT2D eigenvalue weighted by molar-refractivity contribution is 7.18. The van der Waals surface area contributed by atoms with Crippen LogP contribution >= 0.6 is 22.9 Å². The average molecular weight is 386 g/mol. The lowest BCUT2D eigenvalue weighted by atomic mass is 10.1. The number of hydrogen-bond acceptors (Lipinski definition) is 5. The van der Waals surface area contributed by atoms with Gasteiger partial charge in [0, 0.05) is 5.39 Å². The number of thiazole rings is 1. The molecule has 0 amide bonds. The molecule has 0 unspecified atom stereocenters. The van der Waals surface area contributed by atoms with E-state index < -0.39 is 5.97 Å². The Hall–Kier alpha value is -2.77. The van der Waals surface area contributed by atoms with Crippen molar-refractivity contribution in [2.24, 2.45) is 0 Å². The summed E-state index contributed by atoms with van der Waals surface area (Å²) in [5.74, 6) is -1.00. The van der Waals surface area contributed by atoms with E-state index in [-0.39, 0.29) is 18.5 Å². The van der Waals surface area contributed by atoms with Gasteiger partial charge in [-0.15, -0.1) is 11.3 Å². The molecule has 0 aliphatic heterocycles. The second-order valence-electron chi connectivity index (χ2n) is 5.72. The Bertz CT molecular complexity index is 1220. The van der Waals surface area contributed by atoms with E-state index in [9.17, 15) is 9.59 Å². The van der Waals surface area contributed by atoms with Crippen molar-refractivity contribution in [1.29, 1.82) is 0 Å². The zero-order valence-electron chi connectivity index (χ0n) is 13.3. The van der Waals surface area contributed by atoms with Crippen LogP contribution < -0.4 is 5.56 Å². The van der Waals surface area contributed by atoms with Gasteiger partial charge in [-0.05, 0) is 18.2 Å². The number of aliphatic carboxylic acids is 1. The maximum absolute atomic E-state index is 12.8. The van der Waals surface area contributed by atoms with Crippen molar-refractivity contribution in [2.75, 3.05) is 0 Å². The molecule has 0 fully saturated rings. The lowest BCUT2D eigenvalue weighted by Gasteiger charge is -2.08. The summed E-state index contributed by atoms with van der Waals surface area (Å²) in [6.07, 6.45) is -0.257. The number of para-hydroxylation sites is 1. The van der Waals surface area contributed by atoms with E-state index >= 15 is 0 Å². The van der Waals surface area contributed by atoms with Gasteiger partial charge in [0.2, 0.25) is 0 Å². The molecule has 2 aromatic heterocycles. The third-order valence-corrected chi connectivity index (χ3v) is 5.27. The molecule has 2 heterocycles. The van der Waals surface area contributed by atoms with Crippen LogP contribution in [0.5, 0.6) is 0 Å². The molecule has 4 rings (SSSR count). The molecule has 2 aromatic carbocycles. The van der Waals surface area contributed by atoms with Gasteiger partial charge in [-0.25, -0.2) is 9.67 Å². The molecule has 0 saturated heterocycles. The summed E-state index contributed by atoms with van der Waals surface area (Å²) >= 11 is 7.59. The van der Waals surface area contributed by atoms with E-state index in [2.05, 4.69) is 10.1 Å². The molecule has 1 N–H and O–H groups in total. The van der Waals surface area contributed by atoms with Crippen molar-refractivity contribution >= 4 is 49.9 Å². The predicted molar refractivity (Wildman–Crippen MR) is 101 cm³/mol. The number of nitrogens with zero attached hydrogens (tertiary/aromatic N) is 3. The second-order valence-corrected chi connectivity index (χ2v) is 7.24. The maximum Gasteiger partial charge on any atom is 0.309 e. The standard InChI is InChI=1S/C18H12ClN3O3S/c19-12-6-3-7-14-17(12)20-15(26-14)9-22-18(25)11-5-2-1-4-10(11)13(21-22)8-16(23)24/h1-7H,8-9H2,(H,23,24). The Labute approximate surface area is 156 Å². The van der Waals surface area contributed by atoms with Crippen LogP contribution in [0.25, 0.3) is 21.0 Å². The van der Waals surface area contributed by atoms with Crippen molar-refractivity contribution in [3.05, 3.63) is 68.5 Å². The summed E-state index contributed by atoms with van der Waals surface area (Å²) in [5.41, 5.74) is 0.765. The second kappa shape index (κ2) is 6.51. The van der Waals surface area contributed by atoms with Crippen LogP contribution in [0.4, 0.5) is 0 Å².